The molecule has 1 rings (SSSR count). The number of hydrogen-bond acceptors (Lipinski definition) is 5. The summed E-state index contributed by atoms with van der Waals surface area (Å²) < 4.78 is 40.0. The van der Waals surface area contributed by atoms with E-state index in [1.807, 2.05) is 0 Å². The molecule has 0 radical (unpaired) electrons. The van der Waals surface area contributed by atoms with Gasteiger partial charge >= 0.3 is 0 Å². The normalized spacial score (nSPS) is 21.0. The first kappa shape index (κ1) is 11.6. The van der Waals surface area contributed by atoms with Gasteiger partial charge in [0.25, 0.3) is 10.1 Å². The largest absolute Gasteiger partial charge is 0.344 e. The molecule has 1 aliphatic rings. The summed E-state index contributed by atoms with van der Waals surface area (Å²) in [5.41, 5.74) is 0. The van der Waals surface area contributed by atoms with E-state index in [4.69, 9.17) is 14.0 Å². The molecule has 7 heteroatoms. The van der Waals surface area contributed by atoms with Gasteiger partial charge in [0.05, 0.1) is 13.2 Å². The molecule has 0 spiro atoms. The van der Waals surface area contributed by atoms with Crippen molar-refractivity contribution in [3.63, 3.8) is 0 Å². The van der Waals surface area contributed by atoms with E-state index in [1.54, 1.807) is 0 Å². The Hall–Kier alpha value is -0.500. The second-order valence-corrected chi connectivity index (χ2v) is 4.49. The van der Waals surface area contributed by atoms with Crippen molar-refractivity contribution in [3.05, 3.63) is 0 Å². The zero-order valence-electron chi connectivity index (χ0n) is 7.67. The molecule has 0 aromatic rings. The Morgan fingerprint density at radius 1 is 1.50 bits per heavy atom. The van der Waals surface area contributed by atoms with E-state index < -0.39 is 27.4 Å². The van der Waals surface area contributed by atoms with Crippen LogP contribution in [0.1, 0.15) is 13.3 Å². The van der Waals surface area contributed by atoms with Crippen LogP contribution in [-0.2, 0) is 24.4 Å². The van der Waals surface area contributed by atoms with Gasteiger partial charge in [-0.3, -0.25) is 9.35 Å². The van der Waals surface area contributed by atoms with E-state index >= 15 is 0 Å². The lowest BCUT2D eigenvalue weighted by Gasteiger charge is -2.13. The van der Waals surface area contributed by atoms with Crippen molar-refractivity contribution in [2.45, 2.75) is 24.9 Å². The molecule has 0 bridgehead atoms. The first-order chi connectivity index (χ1) is 6.46. The van der Waals surface area contributed by atoms with Crippen molar-refractivity contribution in [2.24, 2.45) is 0 Å². The lowest BCUT2D eigenvalue weighted by atomic mass is 10.2. The number of ether oxygens (including phenoxy) is 2. The lowest BCUT2D eigenvalue weighted by Crippen LogP contribution is -2.37. The van der Waals surface area contributed by atoms with Gasteiger partial charge in [0.2, 0.25) is 12.1 Å². The average Bonchev–Trinajstić information content (AvgIpc) is 2.53. The molecule has 82 valence electrons. The molecule has 1 fully saturated rings. The Morgan fingerprint density at radius 3 is 2.36 bits per heavy atom. The number of rotatable bonds is 4. The molecule has 14 heavy (non-hydrogen) atoms. The predicted molar refractivity (Wildman–Crippen MR) is 46.3 cm³/mol. The van der Waals surface area contributed by atoms with Gasteiger partial charge in [-0.15, -0.1) is 0 Å². The van der Waals surface area contributed by atoms with Crippen LogP contribution in [0.4, 0.5) is 0 Å². The van der Waals surface area contributed by atoms with Crippen LogP contribution < -0.4 is 0 Å². The van der Waals surface area contributed by atoms with Gasteiger partial charge in [0.1, 0.15) is 5.25 Å². The quantitative estimate of drug-likeness (QED) is 0.653. The molecule has 0 aromatic carbocycles. The highest BCUT2D eigenvalue weighted by atomic mass is 32.2. The molecule has 1 saturated heterocycles. The summed E-state index contributed by atoms with van der Waals surface area (Å²) in [5.74, 6) is -0.743. The zero-order valence-corrected chi connectivity index (χ0v) is 8.49. The highest BCUT2D eigenvalue weighted by molar-refractivity contribution is 7.87. The lowest BCUT2D eigenvalue weighted by molar-refractivity contribution is -0.143. The topological polar surface area (TPSA) is 89.9 Å². The molecule has 0 aromatic heterocycles. The Balaban J connectivity index is 2.74. The van der Waals surface area contributed by atoms with Crippen LogP contribution in [0.5, 0.6) is 0 Å². The fraction of sp³-hybridized carbons (Fsp3) is 0.857. The number of ketones is 1. The first-order valence-corrected chi connectivity index (χ1v) is 5.70. The molecule has 0 aliphatic carbocycles. The maximum atomic E-state index is 11.4. The van der Waals surface area contributed by atoms with Crippen molar-refractivity contribution in [2.75, 3.05) is 13.2 Å². The summed E-state index contributed by atoms with van der Waals surface area (Å²) in [6.45, 7) is 2.02. The number of carbonyl (C=O) groups is 1. The van der Waals surface area contributed by atoms with Crippen LogP contribution >= 0.6 is 0 Å². The van der Waals surface area contributed by atoms with Crippen LogP contribution in [-0.4, -0.2) is 43.5 Å². The summed E-state index contributed by atoms with van der Waals surface area (Å²) in [6.07, 6.45) is -1.15. The molecule has 1 aliphatic heterocycles. The monoisotopic (exact) mass is 224 g/mol. The van der Waals surface area contributed by atoms with Crippen LogP contribution in [0.2, 0.25) is 0 Å². The zero-order chi connectivity index (χ0) is 10.8. The Morgan fingerprint density at radius 2 is 2.00 bits per heavy atom. The van der Waals surface area contributed by atoms with Crippen molar-refractivity contribution >= 4 is 15.9 Å². The third-order valence-corrected chi connectivity index (χ3v) is 3.19. The van der Waals surface area contributed by atoms with Gasteiger partial charge in [0.15, 0.2) is 0 Å². The van der Waals surface area contributed by atoms with Gasteiger partial charge in [-0.25, -0.2) is 0 Å². The standard InChI is InChI=1S/C7H12O6S/c1-2-5(14(9,10)11)6(8)7-12-3-4-13-7/h5,7H,2-4H2,1H3,(H,9,10,11). The maximum absolute atomic E-state index is 11.4. The van der Waals surface area contributed by atoms with E-state index in [2.05, 4.69) is 0 Å². The minimum Gasteiger partial charge on any atom is -0.344 e. The summed E-state index contributed by atoms with van der Waals surface area (Å²) >= 11 is 0. The fourth-order valence-corrected chi connectivity index (χ4v) is 2.06. The van der Waals surface area contributed by atoms with E-state index in [0.29, 0.717) is 0 Å². The van der Waals surface area contributed by atoms with Crippen LogP contribution in [0, 0.1) is 0 Å². The minimum atomic E-state index is -4.36. The average molecular weight is 224 g/mol. The van der Waals surface area contributed by atoms with E-state index in [0.717, 1.165) is 0 Å². The van der Waals surface area contributed by atoms with Crippen molar-refractivity contribution in [3.8, 4) is 0 Å². The summed E-state index contributed by atoms with van der Waals surface area (Å²) in [6, 6.07) is 0. The van der Waals surface area contributed by atoms with Gasteiger partial charge in [-0.2, -0.15) is 8.42 Å². The third kappa shape index (κ3) is 2.50. The molecule has 0 amide bonds. The fourth-order valence-electron chi connectivity index (χ4n) is 1.23. The van der Waals surface area contributed by atoms with Gasteiger partial charge in [0, 0.05) is 0 Å². The third-order valence-electron chi connectivity index (χ3n) is 1.90. The van der Waals surface area contributed by atoms with Crippen molar-refractivity contribution in [1.82, 2.24) is 0 Å². The molecular weight excluding hydrogens is 212 g/mol. The summed E-state index contributed by atoms with van der Waals surface area (Å²) in [7, 11) is -4.36. The highest BCUT2D eigenvalue weighted by Gasteiger charge is 2.37. The summed E-state index contributed by atoms with van der Waals surface area (Å²) in [5, 5.41) is -1.45. The number of Topliss-reactive ketones (excluding diaryl/α,β-unsaturated/α-hetero) is 1. The van der Waals surface area contributed by atoms with E-state index in [-0.39, 0.29) is 19.6 Å². The van der Waals surface area contributed by atoms with Crippen LogP contribution in [0.25, 0.3) is 0 Å². The van der Waals surface area contributed by atoms with Crippen LogP contribution in [0.3, 0.4) is 0 Å². The highest BCUT2D eigenvalue weighted by Crippen LogP contribution is 2.13. The van der Waals surface area contributed by atoms with Gasteiger partial charge < -0.3 is 9.47 Å². The van der Waals surface area contributed by atoms with E-state index in [9.17, 15) is 13.2 Å². The second-order valence-electron chi connectivity index (χ2n) is 2.89. The second kappa shape index (κ2) is 4.35. The van der Waals surface area contributed by atoms with Crippen molar-refractivity contribution < 1.29 is 27.2 Å². The molecule has 1 N–H and O–H groups in total. The van der Waals surface area contributed by atoms with Gasteiger partial charge in [-0.1, -0.05) is 6.92 Å². The minimum absolute atomic E-state index is 0.000880. The molecule has 6 nitrogen and oxygen atoms in total. The SMILES string of the molecule is CCC(C(=O)C1OCCO1)S(=O)(=O)O. The maximum Gasteiger partial charge on any atom is 0.275 e. The Kier molecular flexibility index (Phi) is 3.59. The first-order valence-electron chi connectivity index (χ1n) is 4.20. The number of hydrogen-bond donors (Lipinski definition) is 1. The molecule has 1 atom stereocenters. The summed E-state index contributed by atoms with van der Waals surface area (Å²) in [4.78, 5) is 11.4. The van der Waals surface area contributed by atoms with Crippen LogP contribution in [0.15, 0.2) is 0 Å². The molecule has 0 saturated carbocycles. The molecule has 1 unspecified atom stereocenters. The smallest absolute Gasteiger partial charge is 0.275 e. The molecule has 1 heterocycles. The predicted octanol–water partition coefficient (Wildman–Crippen LogP) is -0.405. The van der Waals surface area contributed by atoms with Gasteiger partial charge in [-0.05, 0) is 6.42 Å². The van der Waals surface area contributed by atoms with Crippen molar-refractivity contribution in [1.29, 1.82) is 0 Å². The number of carbonyl (C=O) groups excluding carboxylic acids is 1. The molecular formula is C7H12O6S. The Labute approximate surface area is 81.9 Å². The Bertz CT molecular complexity index is 302. The van der Waals surface area contributed by atoms with E-state index in [1.165, 1.54) is 6.92 Å².